The minimum absolute atomic E-state index is 0.224. The van der Waals surface area contributed by atoms with Crippen LogP contribution in [0.15, 0.2) is 29.9 Å². The fourth-order valence-electron chi connectivity index (χ4n) is 4.19. The van der Waals surface area contributed by atoms with Gasteiger partial charge in [-0.1, -0.05) is 46.1 Å². The molecule has 1 aromatic heterocycles. The van der Waals surface area contributed by atoms with Crippen molar-refractivity contribution in [1.82, 2.24) is 9.78 Å². The molecule has 30 heavy (non-hydrogen) atoms. The van der Waals surface area contributed by atoms with Crippen LogP contribution in [0.5, 0.6) is 5.75 Å². The third kappa shape index (κ3) is 4.10. The van der Waals surface area contributed by atoms with Crippen molar-refractivity contribution in [2.45, 2.75) is 58.9 Å². The maximum atomic E-state index is 12.0. The number of nitrogens with zero attached hydrogens (tertiary/aromatic N) is 2. The standard InChI is InChI=1S/C22H29BN4O3/c1-22(2,3)19-12-14-11-15(9-10-18(14)30-23(19)29)25-21-17(20(24)28)13-27(26-21)16-7-5-4-6-8-16/h9-13,16,29H,4-8H2,1-3H3,(H2,24,28)(H,25,26). The van der Waals surface area contributed by atoms with Gasteiger partial charge < -0.3 is 20.7 Å². The first-order chi connectivity index (χ1) is 14.2. The van der Waals surface area contributed by atoms with Crippen molar-refractivity contribution in [3.63, 3.8) is 0 Å². The van der Waals surface area contributed by atoms with Gasteiger partial charge in [-0.2, -0.15) is 5.10 Å². The predicted octanol–water partition coefficient (Wildman–Crippen LogP) is 4.07. The van der Waals surface area contributed by atoms with Crippen LogP contribution < -0.4 is 15.7 Å². The van der Waals surface area contributed by atoms with Gasteiger partial charge >= 0.3 is 7.12 Å². The van der Waals surface area contributed by atoms with E-state index in [1.165, 1.54) is 19.3 Å². The number of nitrogens with one attached hydrogen (secondary N) is 1. The number of nitrogens with two attached hydrogens (primary N) is 1. The molecule has 0 saturated heterocycles. The molecule has 1 saturated carbocycles. The minimum Gasteiger partial charge on any atom is -0.532 e. The molecule has 1 fully saturated rings. The summed E-state index contributed by atoms with van der Waals surface area (Å²) in [7, 11) is -0.955. The molecule has 1 aliphatic carbocycles. The van der Waals surface area contributed by atoms with E-state index < -0.39 is 13.0 Å². The number of allylic oxidation sites excluding steroid dienone is 1. The summed E-state index contributed by atoms with van der Waals surface area (Å²) in [6.07, 6.45) is 9.47. The van der Waals surface area contributed by atoms with Crippen LogP contribution in [0.4, 0.5) is 11.5 Å². The zero-order valence-corrected chi connectivity index (χ0v) is 17.8. The van der Waals surface area contributed by atoms with Crippen LogP contribution in [0.3, 0.4) is 0 Å². The molecule has 4 N–H and O–H groups in total. The number of hydrogen-bond acceptors (Lipinski definition) is 5. The molecule has 2 heterocycles. The average molecular weight is 408 g/mol. The number of carbonyl (C=O) groups is 1. The molecule has 4 rings (SSSR count). The second kappa shape index (κ2) is 7.83. The molecule has 0 radical (unpaired) electrons. The predicted molar refractivity (Wildman–Crippen MR) is 119 cm³/mol. The zero-order chi connectivity index (χ0) is 21.5. The zero-order valence-electron chi connectivity index (χ0n) is 17.8. The van der Waals surface area contributed by atoms with Crippen LogP contribution in [0.1, 0.15) is 74.8 Å². The smallest absolute Gasteiger partial charge is 0.532 e. The SMILES string of the molecule is CC(C)(C)C1=Cc2cc(Nc3nn(C4CCCCC4)cc3C(N)=O)ccc2OB1O. The summed E-state index contributed by atoms with van der Waals surface area (Å²) in [4.78, 5) is 12.0. The summed E-state index contributed by atoms with van der Waals surface area (Å²) in [5, 5.41) is 18.2. The van der Waals surface area contributed by atoms with Crippen LogP contribution in [-0.2, 0) is 0 Å². The molecule has 0 bridgehead atoms. The third-order valence-corrected chi connectivity index (χ3v) is 5.90. The number of fused-ring (bicyclic) bond motifs is 1. The highest BCUT2D eigenvalue weighted by molar-refractivity contribution is 6.55. The van der Waals surface area contributed by atoms with Gasteiger partial charge in [-0.3, -0.25) is 9.48 Å². The fraction of sp³-hybridized carbons (Fsp3) is 0.455. The highest BCUT2D eigenvalue weighted by Crippen LogP contribution is 2.37. The highest BCUT2D eigenvalue weighted by Gasteiger charge is 2.35. The number of rotatable bonds is 4. The molecular formula is C22H29BN4O3. The van der Waals surface area contributed by atoms with Crippen LogP contribution in [0.2, 0.25) is 0 Å². The van der Waals surface area contributed by atoms with E-state index in [0.717, 1.165) is 29.6 Å². The lowest BCUT2D eigenvalue weighted by Gasteiger charge is -2.29. The van der Waals surface area contributed by atoms with Crippen molar-refractivity contribution < 1.29 is 14.5 Å². The van der Waals surface area contributed by atoms with E-state index in [0.29, 0.717) is 23.2 Å². The average Bonchev–Trinajstić information content (AvgIpc) is 3.12. The quantitative estimate of drug-likeness (QED) is 0.662. The Morgan fingerprint density at radius 3 is 2.70 bits per heavy atom. The molecule has 1 aliphatic heterocycles. The lowest BCUT2D eigenvalue weighted by molar-refractivity contribution is 0.100. The van der Waals surface area contributed by atoms with Gasteiger partial charge in [-0.25, -0.2) is 0 Å². The molecule has 0 atom stereocenters. The van der Waals surface area contributed by atoms with Gasteiger partial charge in [-0.15, -0.1) is 0 Å². The largest absolute Gasteiger partial charge is 0.556 e. The molecule has 8 heteroatoms. The summed E-state index contributed by atoms with van der Waals surface area (Å²) in [5.74, 6) is 0.576. The summed E-state index contributed by atoms with van der Waals surface area (Å²) in [6, 6.07) is 5.88. The summed E-state index contributed by atoms with van der Waals surface area (Å²) < 4.78 is 7.57. The van der Waals surface area contributed by atoms with Crippen LogP contribution >= 0.6 is 0 Å². The summed E-state index contributed by atoms with van der Waals surface area (Å²) >= 11 is 0. The second-order valence-corrected chi connectivity index (χ2v) is 9.22. The number of aromatic nitrogens is 2. The lowest BCUT2D eigenvalue weighted by Crippen LogP contribution is -2.34. The highest BCUT2D eigenvalue weighted by atomic mass is 16.5. The Balaban J connectivity index is 1.64. The van der Waals surface area contributed by atoms with E-state index >= 15 is 0 Å². The van der Waals surface area contributed by atoms with Gasteiger partial charge in [0.2, 0.25) is 0 Å². The van der Waals surface area contributed by atoms with Crippen molar-refractivity contribution >= 4 is 30.6 Å². The van der Waals surface area contributed by atoms with Gasteiger partial charge in [-0.05, 0) is 41.9 Å². The van der Waals surface area contributed by atoms with Gasteiger partial charge in [0.1, 0.15) is 11.3 Å². The van der Waals surface area contributed by atoms with Gasteiger partial charge in [0, 0.05) is 17.4 Å². The van der Waals surface area contributed by atoms with Crippen molar-refractivity contribution in [2.24, 2.45) is 11.1 Å². The topological polar surface area (TPSA) is 102 Å². The Morgan fingerprint density at radius 2 is 2.03 bits per heavy atom. The Kier molecular flexibility index (Phi) is 5.36. The van der Waals surface area contributed by atoms with Gasteiger partial charge in [0.05, 0.1) is 6.04 Å². The third-order valence-electron chi connectivity index (χ3n) is 5.90. The monoisotopic (exact) mass is 408 g/mol. The van der Waals surface area contributed by atoms with E-state index in [9.17, 15) is 9.82 Å². The molecule has 158 valence electrons. The number of carbonyl (C=O) groups excluding carboxylic acids is 1. The molecule has 2 aromatic rings. The van der Waals surface area contributed by atoms with E-state index in [4.69, 9.17) is 10.4 Å². The first-order valence-electron chi connectivity index (χ1n) is 10.6. The summed E-state index contributed by atoms with van der Waals surface area (Å²) in [5.41, 5.74) is 8.22. The Labute approximate surface area is 177 Å². The van der Waals surface area contributed by atoms with Crippen LogP contribution in [0.25, 0.3) is 6.08 Å². The van der Waals surface area contributed by atoms with E-state index in [-0.39, 0.29) is 5.41 Å². The number of anilines is 2. The van der Waals surface area contributed by atoms with E-state index in [2.05, 4.69) is 10.4 Å². The Morgan fingerprint density at radius 1 is 1.30 bits per heavy atom. The Hall–Kier alpha value is -2.74. The summed E-state index contributed by atoms with van der Waals surface area (Å²) in [6.45, 7) is 6.11. The number of hydrogen-bond donors (Lipinski definition) is 3. The Bertz CT molecular complexity index is 987. The second-order valence-electron chi connectivity index (χ2n) is 9.22. The van der Waals surface area contributed by atoms with Gasteiger partial charge in [0.15, 0.2) is 5.82 Å². The maximum absolute atomic E-state index is 12.0. The first kappa shape index (κ1) is 20.5. The van der Waals surface area contributed by atoms with Gasteiger partial charge in [0.25, 0.3) is 5.91 Å². The lowest BCUT2D eigenvalue weighted by atomic mass is 9.63. The maximum Gasteiger partial charge on any atom is 0.556 e. The van der Waals surface area contributed by atoms with Crippen LogP contribution in [-0.4, -0.2) is 27.8 Å². The number of benzene rings is 1. The van der Waals surface area contributed by atoms with Crippen molar-refractivity contribution in [2.75, 3.05) is 5.32 Å². The van der Waals surface area contributed by atoms with E-state index in [1.807, 2.05) is 43.7 Å². The first-order valence-corrected chi connectivity index (χ1v) is 10.6. The minimum atomic E-state index is -0.955. The fourth-order valence-corrected chi connectivity index (χ4v) is 4.19. The number of primary amides is 1. The molecule has 2 aliphatic rings. The molecule has 0 unspecified atom stereocenters. The molecule has 0 spiro atoms. The molecule has 1 aromatic carbocycles. The number of amides is 1. The van der Waals surface area contributed by atoms with E-state index in [1.54, 1.807) is 12.3 Å². The van der Waals surface area contributed by atoms with Crippen molar-refractivity contribution in [3.05, 3.63) is 41.0 Å². The van der Waals surface area contributed by atoms with Crippen LogP contribution in [0, 0.1) is 5.41 Å². The molecule has 1 amide bonds. The molecular weight excluding hydrogens is 379 g/mol. The molecule has 7 nitrogen and oxygen atoms in total. The normalized spacial score (nSPS) is 17.2. The van der Waals surface area contributed by atoms with Crippen molar-refractivity contribution in [1.29, 1.82) is 0 Å². The van der Waals surface area contributed by atoms with Crippen molar-refractivity contribution in [3.8, 4) is 5.75 Å².